The first kappa shape index (κ1) is 18.3. The quantitative estimate of drug-likeness (QED) is 0.799. The number of hydrogen-bond donors (Lipinski definition) is 2. The van der Waals surface area contributed by atoms with Crippen LogP contribution in [0.25, 0.3) is 6.08 Å². The van der Waals surface area contributed by atoms with Crippen LogP contribution in [0.15, 0.2) is 59.5 Å². The van der Waals surface area contributed by atoms with E-state index in [1.54, 1.807) is 6.07 Å². The molecule has 0 unspecified atom stereocenters. The molecule has 2 amide bonds. The fourth-order valence-electron chi connectivity index (χ4n) is 1.93. The zero-order valence-electron chi connectivity index (χ0n) is 13.2. The zero-order chi connectivity index (χ0) is 18.4. The van der Waals surface area contributed by atoms with Gasteiger partial charge in [0.25, 0.3) is 10.0 Å². The lowest BCUT2D eigenvalue weighted by molar-refractivity contribution is -0.117. The third-order valence-electron chi connectivity index (χ3n) is 2.99. The molecule has 0 bridgehead atoms. The van der Waals surface area contributed by atoms with Crippen molar-refractivity contribution in [3.63, 3.8) is 0 Å². The number of rotatable bonds is 5. The lowest BCUT2D eigenvalue weighted by Crippen LogP contribution is -2.28. The van der Waals surface area contributed by atoms with Crippen LogP contribution in [0, 0.1) is 5.82 Å². The molecule has 0 heterocycles. The Hall–Kier alpha value is -3.00. The first-order chi connectivity index (χ1) is 11.8. The molecule has 0 aliphatic heterocycles. The summed E-state index contributed by atoms with van der Waals surface area (Å²) in [6.45, 7) is 1.09. The molecule has 0 fully saturated rings. The summed E-state index contributed by atoms with van der Waals surface area (Å²) in [6, 6.07) is 11.1. The monoisotopic (exact) mass is 362 g/mol. The maximum atomic E-state index is 13.0. The van der Waals surface area contributed by atoms with Gasteiger partial charge in [0, 0.05) is 18.7 Å². The average Bonchev–Trinajstić information content (AvgIpc) is 2.52. The number of sulfonamides is 1. The summed E-state index contributed by atoms with van der Waals surface area (Å²) in [5.41, 5.74) is 0.905. The molecule has 25 heavy (non-hydrogen) atoms. The minimum atomic E-state index is -3.92. The van der Waals surface area contributed by atoms with E-state index < -0.39 is 27.7 Å². The number of hydrogen-bond acceptors (Lipinski definition) is 4. The number of carbonyl (C=O) groups is 2. The number of benzene rings is 2. The van der Waals surface area contributed by atoms with E-state index >= 15 is 0 Å². The van der Waals surface area contributed by atoms with Crippen LogP contribution in [0.3, 0.4) is 0 Å². The van der Waals surface area contributed by atoms with Gasteiger partial charge >= 0.3 is 0 Å². The highest BCUT2D eigenvalue weighted by Crippen LogP contribution is 2.14. The van der Waals surface area contributed by atoms with Crippen LogP contribution in [0.4, 0.5) is 10.1 Å². The standard InChI is InChI=1S/C17H15FN2O4S/c1-12(21)20-25(23,24)16-8-6-15(7-9-16)19-17(22)10-5-13-3-2-4-14(18)11-13/h2-11H,1H3,(H,19,22)(H,20,21)/b10-5+. The van der Waals surface area contributed by atoms with Crippen molar-refractivity contribution in [2.45, 2.75) is 11.8 Å². The number of nitrogens with one attached hydrogen (secondary N) is 2. The zero-order valence-corrected chi connectivity index (χ0v) is 14.0. The van der Waals surface area contributed by atoms with E-state index in [0.29, 0.717) is 11.3 Å². The molecule has 0 atom stereocenters. The lowest BCUT2D eigenvalue weighted by Gasteiger charge is -2.06. The number of anilines is 1. The normalized spacial score (nSPS) is 11.3. The molecule has 0 aromatic heterocycles. The summed E-state index contributed by atoms with van der Waals surface area (Å²) in [5, 5.41) is 2.54. The largest absolute Gasteiger partial charge is 0.323 e. The fraction of sp³-hybridized carbons (Fsp3) is 0.0588. The molecule has 130 valence electrons. The first-order valence-electron chi connectivity index (χ1n) is 7.14. The van der Waals surface area contributed by atoms with Crippen molar-refractivity contribution in [3.8, 4) is 0 Å². The second-order valence-electron chi connectivity index (χ2n) is 5.06. The van der Waals surface area contributed by atoms with Crippen LogP contribution in [0.1, 0.15) is 12.5 Å². The third kappa shape index (κ3) is 5.54. The third-order valence-corrected chi connectivity index (χ3v) is 4.44. The Labute approximate surface area is 144 Å². The van der Waals surface area contributed by atoms with Gasteiger partial charge in [0.05, 0.1) is 4.90 Å². The van der Waals surface area contributed by atoms with Gasteiger partial charge in [-0.05, 0) is 48.0 Å². The molecule has 0 saturated carbocycles. The van der Waals surface area contributed by atoms with Crippen LogP contribution in [0.2, 0.25) is 0 Å². The first-order valence-corrected chi connectivity index (χ1v) is 8.63. The summed E-state index contributed by atoms with van der Waals surface area (Å²) in [6.07, 6.45) is 2.69. The maximum absolute atomic E-state index is 13.0. The number of halogens is 1. The summed E-state index contributed by atoms with van der Waals surface area (Å²) in [7, 11) is -3.92. The van der Waals surface area contributed by atoms with E-state index in [4.69, 9.17) is 0 Å². The van der Waals surface area contributed by atoms with E-state index in [2.05, 4.69) is 5.32 Å². The molecule has 0 saturated heterocycles. The molecule has 0 aliphatic rings. The van der Waals surface area contributed by atoms with Gasteiger partial charge in [-0.25, -0.2) is 17.5 Å². The maximum Gasteiger partial charge on any atom is 0.264 e. The van der Waals surface area contributed by atoms with Crippen molar-refractivity contribution in [2.75, 3.05) is 5.32 Å². The van der Waals surface area contributed by atoms with E-state index in [1.807, 2.05) is 4.72 Å². The Kier molecular flexibility index (Phi) is 5.66. The molecule has 0 aliphatic carbocycles. The molecule has 0 spiro atoms. The molecule has 2 rings (SSSR count). The van der Waals surface area contributed by atoms with Gasteiger partial charge in [0.1, 0.15) is 5.82 Å². The highest BCUT2D eigenvalue weighted by molar-refractivity contribution is 7.90. The Morgan fingerprint density at radius 1 is 1.08 bits per heavy atom. The fourth-order valence-corrected chi connectivity index (χ4v) is 2.92. The van der Waals surface area contributed by atoms with Gasteiger partial charge < -0.3 is 5.32 Å². The van der Waals surface area contributed by atoms with Gasteiger partial charge in [-0.1, -0.05) is 12.1 Å². The van der Waals surface area contributed by atoms with Crippen molar-refractivity contribution in [2.24, 2.45) is 0 Å². The van der Waals surface area contributed by atoms with Crippen LogP contribution < -0.4 is 10.0 Å². The van der Waals surface area contributed by atoms with E-state index in [0.717, 1.165) is 6.92 Å². The average molecular weight is 362 g/mol. The molecule has 2 aromatic carbocycles. The molecule has 0 radical (unpaired) electrons. The summed E-state index contributed by atoms with van der Waals surface area (Å²) >= 11 is 0. The molecular weight excluding hydrogens is 347 g/mol. The predicted molar refractivity (Wildman–Crippen MR) is 91.5 cm³/mol. The minimum Gasteiger partial charge on any atom is -0.323 e. The van der Waals surface area contributed by atoms with Crippen LogP contribution in [-0.4, -0.2) is 20.2 Å². The minimum absolute atomic E-state index is 0.101. The van der Waals surface area contributed by atoms with Crippen LogP contribution in [0.5, 0.6) is 0 Å². The van der Waals surface area contributed by atoms with Crippen molar-refractivity contribution in [1.29, 1.82) is 0 Å². The van der Waals surface area contributed by atoms with Crippen molar-refractivity contribution in [3.05, 3.63) is 66.0 Å². The second-order valence-corrected chi connectivity index (χ2v) is 6.75. The van der Waals surface area contributed by atoms with Crippen molar-refractivity contribution in [1.82, 2.24) is 4.72 Å². The van der Waals surface area contributed by atoms with Crippen molar-refractivity contribution >= 4 is 33.6 Å². The lowest BCUT2D eigenvalue weighted by atomic mass is 10.2. The van der Waals surface area contributed by atoms with Gasteiger partial charge in [-0.3, -0.25) is 9.59 Å². The van der Waals surface area contributed by atoms with Gasteiger partial charge in [-0.15, -0.1) is 0 Å². The highest BCUT2D eigenvalue weighted by atomic mass is 32.2. The Bertz CT molecular complexity index is 922. The molecule has 2 N–H and O–H groups in total. The Balaban J connectivity index is 2.03. The number of amides is 2. The van der Waals surface area contributed by atoms with E-state index in [1.165, 1.54) is 54.6 Å². The smallest absolute Gasteiger partial charge is 0.264 e. The Morgan fingerprint density at radius 2 is 1.76 bits per heavy atom. The molecule has 6 nitrogen and oxygen atoms in total. The summed E-state index contributed by atoms with van der Waals surface area (Å²) in [4.78, 5) is 22.6. The van der Waals surface area contributed by atoms with Crippen LogP contribution >= 0.6 is 0 Å². The molecular formula is C17H15FN2O4S. The Morgan fingerprint density at radius 3 is 2.36 bits per heavy atom. The predicted octanol–water partition coefficient (Wildman–Crippen LogP) is 2.30. The van der Waals surface area contributed by atoms with Crippen molar-refractivity contribution < 1.29 is 22.4 Å². The summed E-state index contributed by atoms with van der Waals surface area (Å²) in [5.74, 6) is -1.56. The molecule has 8 heteroatoms. The molecule has 2 aromatic rings. The SMILES string of the molecule is CC(=O)NS(=O)(=O)c1ccc(NC(=O)/C=C/c2cccc(F)c2)cc1. The van der Waals surface area contributed by atoms with E-state index in [9.17, 15) is 22.4 Å². The van der Waals surface area contributed by atoms with Gasteiger partial charge in [0.2, 0.25) is 11.8 Å². The highest BCUT2D eigenvalue weighted by Gasteiger charge is 2.15. The van der Waals surface area contributed by atoms with Gasteiger partial charge in [0.15, 0.2) is 0 Å². The van der Waals surface area contributed by atoms with Crippen LogP contribution in [-0.2, 0) is 19.6 Å². The summed E-state index contributed by atoms with van der Waals surface area (Å²) < 4.78 is 38.5. The second kappa shape index (κ2) is 7.71. The van der Waals surface area contributed by atoms with E-state index in [-0.39, 0.29) is 4.90 Å². The van der Waals surface area contributed by atoms with Gasteiger partial charge in [-0.2, -0.15) is 0 Å². The number of carbonyl (C=O) groups excluding carboxylic acids is 2. The topological polar surface area (TPSA) is 92.3 Å².